The van der Waals surface area contributed by atoms with E-state index in [1.165, 1.54) is 15.5 Å². The third kappa shape index (κ3) is 2.05. The van der Waals surface area contributed by atoms with Crippen LogP contribution in [0, 0.1) is 0 Å². The Hall–Kier alpha value is -1.65. The molecule has 1 aromatic carbocycles. The van der Waals surface area contributed by atoms with Crippen molar-refractivity contribution in [3.63, 3.8) is 0 Å². The molecular formula is C16H12N2S2. The molecule has 20 heavy (non-hydrogen) atoms. The van der Waals surface area contributed by atoms with Crippen molar-refractivity contribution in [1.29, 1.82) is 0 Å². The lowest BCUT2D eigenvalue weighted by molar-refractivity contribution is 1.05. The molecule has 4 rings (SSSR count). The summed E-state index contributed by atoms with van der Waals surface area (Å²) < 4.78 is 0. The quantitative estimate of drug-likeness (QED) is 0.641. The zero-order chi connectivity index (χ0) is 13.4. The lowest BCUT2D eigenvalue weighted by Gasteiger charge is -2.07. The van der Waals surface area contributed by atoms with Crippen LogP contribution in [0.2, 0.25) is 0 Å². The van der Waals surface area contributed by atoms with Crippen molar-refractivity contribution in [3.8, 4) is 0 Å². The summed E-state index contributed by atoms with van der Waals surface area (Å²) in [6.07, 6.45) is 3.01. The first kappa shape index (κ1) is 12.1. The minimum Gasteiger partial charge on any atom is -0.253 e. The highest BCUT2D eigenvalue weighted by atomic mass is 32.2. The Bertz CT molecular complexity index is 792. The predicted molar refractivity (Wildman–Crippen MR) is 87.7 cm³/mol. The number of benzene rings is 1. The van der Waals surface area contributed by atoms with Crippen LogP contribution >= 0.6 is 23.1 Å². The molecule has 3 heterocycles. The number of pyridine rings is 1. The Morgan fingerprint density at radius 3 is 3.00 bits per heavy atom. The summed E-state index contributed by atoms with van der Waals surface area (Å²) in [5, 5.41) is 3.22. The molecule has 1 aliphatic rings. The summed E-state index contributed by atoms with van der Waals surface area (Å²) in [6, 6.07) is 12.4. The smallest absolute Gasteiger partial charge is 0.0878 e. The summed E-state index contributed by atoms with van der Waals surface area (Å²) in [5.41, 5.74) is 3.33. The number of fused-ring (bicyclic) bond motifs is 2. The molecule has 0 bridgehead atoms. The van der Waals surface area contributed by atoms with Gasteiger partial charge in [-0.05, 0) is 17.5 Å². The maximum absolute atomic E-state index is 4.77. The molecule has 1 aliphatic heterocycles. The van der Waals surface area contributed by atoms with E-state index in [-0.39, 0.29) is 0 Å². The molecule has 0 spiro atoms. The van der Waals surface area contributed by atoms with E-state index in [4.69, 9.17) is 9.98 Å². The zero-order valence-electron chi connectivity index (χ0n) is 10.7. The number of hydrogen-bond acceptors (Lipinski definition) is 4. The molecule has 0 amide bonds. The maximum atomic E-state index is 4.77. The number of aliphatic imine (C=N–C) groups is 1. The minimum absolute atomic E-state index is 1.05. The highest BCUT2D eigenvalue weighted by molar-refractivity contribution is 7.99. The Labute approximate surface area is 125 Å². The number of thiophene rings is 1. The van der Waals surface area contributed by atoms with Crippen LogP contribution in [-0.4, -0.2) is 17.0 Å². The number of nitrogens with zero attached hydrogens (tertiary/aromatic N) is 2. The number of rotatable bonds is 2. The molecule has 0 aliphatic carbocycles. The first-order valence-corrected chi connectivity index (χ1v) is 8.40. The summed E-state index contributed by atoms with van der Waals surface area (Å²) in [6.45, 7) is 0. The molecule has 4 heteroatoms. The van der Waals surface area contributed by atoms with Crippen LogP contribution < -0.4 is 0 Å². The Morgan fingerprint density at radius 2 is 2.10 bits per heavy atom. The van der Waals surface area contributed by atoms with Crippen LogP contribution in [0.5, 0.6) is 0 Å². The van der Waals surface area contributed by atoms with E-state index in [0.717, 1.165) is 28.8 Å². The fraction of sp³-hybridized carbons (Fsp3) is 0.125. The van der Waals surface area contributed by atoms with Gasteiger partial charge in [-0.3, -0.25) is 9.98 Å². The van der Waals surface area contributed by atoms with E-state index < -0.39 is 0 Å². The average Bonchev–Trinajstić information content (AvgIpc) is 3.14. The first-order valence-electron chi connectivity index (χ1n) is 6.54. The van der Waals surface area contributed by atoms with Crippen molar-refractivity contribution < 1.29 is 0 Å². The van der Waals surface area contributed by atoms with Gasteiger partial charge >= 0.3 is 0 Å². The minimum atomic E-state index is 1.05. The summed E-state index contributed by atoms with van der Waals surface area (Å²) in [4.78, 5) is 12.0. The van der Waals surface area contributed by atoms with Crippen molar-refractivity contribution in [1.82, 2.24) is 4.98 Å². The normalized spacial score (nSPS) is 14.2. The Morgan fingerprint density at radius 1 is 1.15 bits per heavy atom. The molecule has 0 radical (unpaired) electrons. The maximum Gasteiger partial charge on any atom is 0.0878 e. The standard InChI is InChI=1S/C16H12N2S2/c1-2-6-13-12(5-1)15(16-14(18-13)7-9-20-16)17-10-11-4-3-8-19-11/h1-6,8,10H,7,9H2/b17-10+. The number of aromatic nitrogens is 1. The van der Waals surface area contributed by atoms with Gasteiger partial charge in [-0.15, -0.1) is 23.1 Å². The SMILES string of the molecule is C(=N\c1c2c(nc3ccccc13)CCS2)/c1cccs1. The van der Waals surface area contributed by atoms with E-state index in [9.17, 15) is 0 Å². The lowest BCUT2D eigenvalue weighted by Crippen LogP contribution is -1.90. The van der Waals surface area contributed by atoms with Crippen LogP contribution in [0.4, 0.5) is 5.69 Å². The van der Waals surface area contributed by atoms with Crippen LogP contribution in [0.3, 0.4) is 0 Å². The number of aryl methyl sites for hydroxylation is 1. The first-order chi connectivity index (χ1) is 9.92. The van der Waals surface area contributed by atoms with Crippen LogP contribution in [0.25, 0.3) is 10.9 Å². The van der Waals surface area contributed by atoms with Crippen molar-refractivity contribution in [2.45, 2.75) is 11.3 Å². The van der Waals surface area contributed by atoms with Crippen molar-refractivity contribution in [2.75, 3.05) is 5.75 Å². The fourth-order valence-electron chi connectivity index (χ4n) is 2.42. The lowest BCUT2D eigenvalue weighted by atomic mass is 10.1. The van der Waals surface area contributed by atoms with Gasteiger partial charge < -0.3 is 0 Å². The second-order valence-electron chi connectivity index (χ2n) is 4.63. The van der Waals surface area contributed by atoms with Gasteiger partial charge in [0.15, 0.2) is 0 Å². The summed E-state index contributed by atoms with van der Waals surface area (Å²) in [7, 11) is 0. The molecule has 2 aromatic heterocycles. The number of thioether (sulfide) groups is 1. The van der Waals surface area contributed by atoms with Gasteiger partial charge in [0.1, 0.15) is 0 Å². The van der Waals surface area contributed by atoms with Gasteiger partial charge in [-0.2, -0.15) is 0 Å². The summed E-state index contributed by atoms with van der Waals surface area (Å²) >= 11 is 3.58. The number of para-hydroxylation sites is 1. The van der Waals surface area contributed by atoms with Gasteiger partial charge in [0.25, 0.3) is 0 Å². The highest BCUT2D eigenvalue weighted by Crippen LogP contribution is 2.42. The van der Waals surface area contributed by atoms with E-state index >= 15 is 0 Å². The second-order valence-corrected chi connectivity index (χ2v) is 6.71. The topological polar surface area (TPSA) is 25.2 Å². The third-order valence-electron chi connectivity index (χ3n) is 3.34. The molecule has 3 aromatic rings. The molecule has 0 unspecified atom stereocenters. The monoisotopic (exact) mass is 296 g/mol. The predicted octanol–water partition coefficient (Wildman–Crippen LogP) is 4.70. The molecule has 0 fully saturated rings. The molecule has 98 valence electrons. The largest absolute Gasteiger partial charge is 0.253 e. The van der Waals surface area contributed by atoms with Crippen molar-refractivity contribution in [2.24, 2.45) is 4.99 Å². The van der Waals surface area contributed by atoms with Crippen LogP contribution in [-0.2, 0) is 6.42 Å². The van der Waals surface area contributed by atoms with Gasteiger partial charge in [-0.25, -0.2) is 0 Å². The van der Waals surface area contributed by atoms with E-state index in [1.807, 2.05) is 24.0 Å². The van der Waals surface area contributed by atoms with Gasteiger partial charge in [-0.1, -0.05) is 24.3 Å². The van der Waals surface area contributed by atoms with E-state index in [2.05, 4.69) is 35.7 Å². The van der Waals surface area contributed by atoms with Crippen LogP contribution in [0.15, 0.2) is 51.7 Å². The second kappa shape index (κ2) is 5.04. The molecule has 0 N–H and O–H groups in total. The fourth-order valence-corrected chi connectivity index (χ4v) is 4.12. The Kier molecular flexibility index (Phi) is 3.05. The van der Waals surface area contributed by atoms with Gasteiger partial charge in [0.2, 0.25) is 0 Å². The molecule has 0 atom stereocenters. The Balaban J connectivity index is 1.92. The van der Waals surface area contributed by atoms with Crippen LogP contribution in [0.1, 0.15) is 10.6 Å². The zero-order valence-corrected chi connectivity index (χ0v) is 12.4. The average molecular weight is 296 g/mol. The third-order valence-corrected chi connectivity index (χ3v) is 5.27. The highest BCUT2D eigenvalue weighted by Gasteiger charge is 2.19. The number of hydrogen-bond donors (Lipinski definition) is 0. The van der Waals surface area contributed by atoms with Crippen molar-refractivity contribution >= 4 is 45.9 Å². The van der Waals surface area contributed by atoms with E-state index in [1.54, 1.807) is 11.3 Å². The molecular weight excluding hydrogens is 284 g/mol. The van der Waals surface area contributed by atoms with Crippen molar-refractivity contribution in [3.05, 3.63) is 52.3 Å². The van der Waals surface area contributed by atoms with Gasteiger partial charge in [0.05, 0.1) is 21.8 Å². The summed E-state index contributed by atoms with van der Waals surface area (Å²) in [5.74, 6) is 1.11. The van der Waals surface area contributed by atoms with Gasteiger partial charge in [0, 0.05) is 28.7 Å². The molecule has 0 saturated carbocycles. The molecule has 0 saturated heterocycles. The van der Waals surface area contributed by atoms with E-state index in [0.29, 0.717) is 0 Å². The molecule has 2 nitrogen and oxygen atoms in total.